The molecule has 2 fully saturated rings. The van der Waals surface area contributed by atoms with Crippen molar-refractivity contribution >= 4 is 5.96 Å². The van der Waals surface area contributed by atoms with Crippen molar-refractivity contribution in [1.82, 2.24) is 15.2 Å². The maximum Gasteiger partial charge on any atom is 0.214 e. The molecule has 1 aliphatic heterocycles. The first-order valence-corrected chi connectivity index (χ1v) is 9.29. The molecule has 4 rings (SSSR count). The Balaban J connectivity index is 1.36. The summed E-state index contributed by atoms with van der Waals surface area (Å²) in [6.45, 7) is 2.82. The Kier molecular flexibility index (Phi) is 4.72. The van der Waals surface area contributed by atoms with Crippen molar-refractivity contribution in [2.45, 2.75) is 32.2 Å². The van der Waals surface area contributed by atoms with E-state index in [1.165, 1.54) is 25.7 Å². The number of hydrogen-bond acceptors (Lipinski definition) is 3. The van der Waals surface area contributed by atoms with E-state index in [4.69, 9.17) is 4.42 Å². The van der Waals surface area contributed by atoms with Crippen molar-refractivity contribution in [1.29, 1.82) is 0 Å². The minimum atomic E-state index is 0.561. The van der Waals surface area contributed by atoms with Crippen LogP contribution in [0.2, 0.25) is 0 Å². The summed E-state index contributed by atoms with van der Waals surface area (Å²) in [5.74, 6) is 4.16. The van der Waals surface area contributed by atoms with Crippen molar-refractivity contribution in [3.05, 3.63) is 42.4 Å². The number of hydrogen-bond donors (Lipinski definition) is 1. The number of nitrogens with zero attached hydrogens (tertiary/aromatic N) is 3. The molecule has 0 amide bonds. The fourth-order valence-electron chi connectivity index (χ4n) is 4.19. The zero-order valence-corrected chi connectivity index (χ0v) is 14.8. The Morgan fingerprint density at radius 3 is 2.60 bits per heavy atom. The van der Waals surface area contributed by atoms with Gasteiger partial charge in [-0.25, -0.2) is 4.98 Å². The van der Waals surface area contributed by atoms with Gasteiger partial charge in [0.15, 0.2) is 11.7 Å². The molecule has 2 aliphatic rings. The summed E-state index contributed by atoms with van der Waals surface area (Å²) in [4.78, 5) is 11.3. The van der Waals surface area contributed by atoms with E-state index in [2.05, 4.69) is 20.2 Å². The third-order valence-corrected chi connectivity index (χ3v) is 5.50. The van der Waals surface area contributed by atoms with E-state index in [1.807, 2.05) is 37.4 Å². The molecule has 1 aromatic carbocycles. The van der Waals surface area contributed by atoms with E-state index in [1.54, 1.807) is 6.20 Å². The fourth-order valence-corrected chi connectivity index (χ4v) is 4.19. The van der Waals surface area contributed by atoms with Crippen molar-refractivity contribution < 1.29 is 4.42 Å². The van der Waals surface area contributed by atoms with Crippen LogP contribution in [0, 0.1) is 11.8 Å². The summed E-state index contributed by atoms with van der Waals surface area (Å²) in [5, 5.41) is 3.42. The average molecular weight is 338 g/mol. The highest BCUT2D eigenvalue weighted by molar-refractivity contribution is 5.80. The van der Waals surface area contributed by atoms with Gasteiger partial charge >= 0.3 is 0 Å². The van der Waals surface area contributed by atoms with E-state index >= 15 is 0 Å². The van der Waals surface area contributed by atoms with Crippen LogP contribution in [0.5, 0.6) is 0 Å². The molecule has 1 saturated carbocycles. The van der Waals surface area contributed by atoms with Crippen LogP contribution >= 0.6 is 0 Å². The Morgan fingerprint density at radius 2 is 1.92 bits per heavy atom. The van der Waals surface area contributed by atoms with Gasteiger partial charge < -0.3 is 14.6 Å². The predicted octanol–water partition coefficient (Wildman–Crippen LogP) is 3.54. The molecule has 2 aromatic rings. The molecule has 1 aliphatic carbocycles. The van der Waals surface area contributed by atoms with Crippen LogP contribution in [-0.2, 0) is 6.54 Å². The smallest absolute Gasteiger partial charge is 0.214 e. The van der Waals surface area contributed by atoms with E-state index in [9.17, 15) is 0 Å². The fraction of sp³-hybridized carbons (Fsp3) is 0.500. The number of likely N-dealkylation sites (tertiary alicyclic amines) is 1. The first-order chi connectivity index (χ1) is 12.3. The van der Waals surface area contributed by atoms with Crippen molar-refractivity contribution in [2.24, 2.45) is 16.8 Å². The number of fused-ring (bicyclic) bond motifs is 1. The van der Waals surface area contributed by atoms with Crippen LogP contribution in [0.25, 0.3) is 11.3 Å². The van der Waals surface area contributed by atoms with Gasteiger partial charge in [-0.2, -0.15) is 0 Å². The second kappa shape index (κ2) is 7.30. The lowest BCUT2D eigenvalue weighted by Gasteiger charge is -2.22. The summed E-state index contributed by atoms with van der Waals surface area (Å²) in [6.07, 6.45) is 7.31. The zero-order chi connectivity index (χ0) is 17.1. The minimum absolute atomic E-state index is 0.561. The zero-order valence-electron chi connectivity index (χ0n) is 14.8. The SMILES string of the molecule is CN=C(NCc1ncc(-c2ccccc2)o1)N1CC2CCCCC2C1. The third-order valence-electron chi connectivity index (χ3n) is 5.50. The summed E-state index contributed by atoms with van der Waals surface area (Å²) < 4.78 is 5.87. The molecule has 132 valence electrons. The van der Waals surface area contributed by atoms with Gasteiger partial charge in [0.2, 0.25) is 5.89 Å². The van der Waals surface area contributed by atoms with E-state index in [0.29, 0.717) is 12.4 Å². The standard InChI is InChI=1S/C20H26N4O/c1-21-20(24-13-16-9-5-6-10-17(16)14-24)23-12-19-22-11-18(25-19)15-7-3-2-4-8-15/h2-4,7-8,11,16-17H,5-6,9-10,12-14H2,1H3,(H,21,23). The average Bonchev–Trinajstić information content (AvgIpc) is 3.30. The molecule has 1 aromatic heterocycles. The van der Waals surface area contributed by atoms with Crippen LogP contribution in [0.4, 0.5) is 0 Å². The van der Waals surface area contributed by atoms with Gasteiger partial charge in [0.05, 0.1) is 12.7 Å². The van der Waals surface area contributed by atoms with Crippen LogP contribution in [-0.4, -0.2) is 36.0 Å². The minimum Gasteiger partial charge on any atom is -0.439 e. The first-order valence-electron chi connectivity index (χ1n) is 9.29. The number of nitrogens with one attached hydrogen (secondary N) is 1. The molecular weight excluding hydrogens is 312 g/mol. The highest BCUT2D eigenvalue weighted by atomic mass is 16.4. The maximum atomic E-state index is 5.87. The van der Waals surface area contributed by atoms with Gasteiger partial charge in [-0.15, -0.1) is 0 Å². The number of aliphatic imine (C=N–C) groups is 1. The van der Waals surface area contributed by atoms with Crippen LogP contribution in [0.15, 0.2) is 45.9 Å². The number of benzene rings is 1. The van der Waals surface area contributed by atoms with Gasteiger partial charge in [-0.1, -0.05) is 43.2 Å². The first kappa shape index (κ1) is 16.2. The van der Waals surface area contributed by atoms with Gasteiger partial charge in [-0.05, 0) is 24.7 Å². The number of guanidine groups is 1. The lowest BCUT2D eigenvalue weighted by atomic mass is 9.82. The monoisotopic (exact) mass is 338 g/mol. The Hall–Kier alpha value is -2.30. The second-order valence-electron chi connectivity index (χ2n) is 7.09. The molecule has 2 atom stereocenters. The van der Waals surface area contributed by atoms with Crippen molar-refractivity contribution in [3.8, 4) is 11.3 Å². The van der Waals surface area contributed by atoms with Gasteiger partial charge in [0.1, 0.15) is 0 Å². The quantitative estimate of drug-likeness (QED) is 0.687. The molecule has 0 radical (unpaired) electrons. The van der Waals surface area contributed by atoms with E-state index < -0.39 is 0 Å². The van der Waals surface area contributed by atoms with Crippen molar-refractivity contribution in [2.75, 3.05) is 20.1 Å². The van der Waals surface area contributed by atoms with Crippen LogP contribution < -0.4 is 5.32 Å². The van der Waals surface area contributed by atoms with Crippen molar-refractivity contribution in [3.63, 3.8) is 0 Å². The molecule has 2 heterocycles. The summed E-state index contributed by atoms with van der Waals surface area (Å²) in [7, 11) is 1.86. The number of aromatic nitrogens is 1. The Morgan fingerprint density at radius 1 is 1.20 bits per heavy atom. The maximum absolute atomic E-state index is 5.87. The van der Waals surface area contributed by atoms with E-state index in [0.717, 1.165) is 42.2 Å². The predicted molar refractivity (Wildman–Crippen MR) is 99.2 cm³/mol. The molecule has 0 bridgehead atoms. The summed E-state index contributed by atoms with van der Waals surface area (Å²) >= 11 is 0. The topological polar surface area (TPSA) is 53.7 Å². The second-order valence-corrected chi connectivity index (χ2v) is 7.09. The summed E-state index contributed by atoms with van der Waals surface area (Å²) in [5.41, 5.74) is 1.05. The molecule has 1 saturated heterocycles. The summed E-state index contributed by atoms with van der Waals surface area (Å²) in [6, 6.07) is 10.1. The lowest BCUT2D eigenvalue weighted by molar-refractivity contribution is 0.299. The molecular formula is C20H26N4O. The van der Waals surface area contributed by atoms with E-state index in [-0.39, 0.29) is 0 Å². The van der Waals surface area contributed by atoms with Crippen LogP contribution in [0.1, 0.15) is 31.6 Å². The van der Waals surface area contributed by atoms with Crippen LogP contribution in [0.3, 0.4) is 0 Å². The lowest BCUT2D eigenvalue weighted by Crippen LogP contribution is -2.39. The Bertz CT molecular complexity index is 710. The third kappa shape index (κ3) is 3.55. The molecule has 5 nitrogen and oxygen atoms in total. The highest BCUT2D eigenvalue weighted by Crippen LogP contribution is 2.35. The number of oxazole rings is 1. The van der Waals surface area contributed by atoms with Gasteiger partial charge in [0.25, 0.3) is 0 Å². The normalized spacial score (nSPS) is 23.6. The highest BCUT2D eigenvalue weighted by Gasteiger charge is 2.35. The number of rotatable bonds is 3. The Labute approximate surface area is 149 Å². The molecule has 1 N–H and O–H groups in total. The largest absolute Gasteiger partial charge is 0.439 e. The molecule has 25 heavy (non-hydrogen) atoms. The van der Waals surface area contributed by atoms with Gasteiger partial charge in [0, 0.05) is 25.7 Å². The molecule has 5 heteroatoms. The van der Waals surface area contributed by atoms with Gasteiger partial charge in [-0.3, -0.25) is 4.99 Å². The molecule has 2 unspecified atom stereocenters. The molecule has 0 spiro atoms.